The molecule has 2 aromatic heterocycles. The molecule has 0 radical (unpaired) electrons. The first-order valence-electron chi connectivity index (χ1n) is 6.21. The summed E-state index contributed by atoms with van der Waals surface area (Å²) in [5, 5.41) is 3.96. The first-order chi connectivity index (χ1) is 9.21. The predicted octanol–water partition coefficient (Wildman–Crippen LogP) is 1.20. The minimum Gasteiger partial charge on any atom is -0.481 e. The minimum atomic E-state index is 0.343. The van der Waals surface area contributed by atoms with Crippen LogP contribution in [0, 0.1) is 5.92 Å². The van der Waals surface area contributed by atoms with Crippen molar-refractivity contribution in [3.05, 3.63) is 35.6 Å². The van der Waals surface area contributed by atoms with Crippen molar-refractivity contribution in [1.82, 2.24) is 15.1 Å². The quantitative estimate of drug-likeness (QED) is 0.841. The van der Waals surface area contributed by atoms with E-state index in [0.717, 1.165) is 5.56 Å². The lowest BCUT2D eigenvalue weighted by Crippen LogP contribution is -2.13. The summed E-state index contributed by atoms with van der Waals surface area (Å²) in [7, 11) is 1.59. The molecular formula is C13H18N4O2. The normalized spacial score (nSPS) is 12.4. The van der Waals surface area contributed by atoms with Gasteiger partial charge in [-0.05, 0) is 18.0 Å². The van der Waals surface area contributed by atoms with Gasteiger partial charge in [0.2, 0.25) is 11.8 Å². The number of hydrogen-bond acceptors (Lipinski definition) is 6. The Morgan fingerprint density at radius 2 is 2.26 bits per heavy atom. The zero-order chi connectivity index (χ0) is 13.7. The lowest BCUT2D eigenvalue weighted by Gasteiger charge is -2.02. The maximum Gasteiger partial charge on any atom is 0.226 e. The highest BCUT2D eigenvalue weighted by Gasteiger charge is 2.10. The van der Waals surface area contributed by atoms with Crippen LogP contribution in [0.4, 0.5) is 0 Å². The monoisotopic (exact) mass is 262 g/mol. The number of pyridine rings is 1. The Labute approximate surface area is 112 Å². The van der Waals surface area contributed by atoms with E-state index in [4.69, 9.17) is 15.0 Å². The summed E-state index contributed by atoms with van der Waals surface area (Å²) >= 11 is 0. The van der Waals surface area contributed by atoms with Gasteiger partial charge in [0.15, 0.2) is 5.82 Å². The molecule has 1 unspecified atom stereocenters. The molecule has 1 atom stereocenters. The maximum atomic E-state index is 5.57. The molecule has 0 aliphatic carbocycles. The molecule has 0 amide bonds. The van der Waals surface area contributed by atoms with Gasteiger partial charge in [0.1, 0.15) is 0 Å². The molecule has 19 heavy (non-hydrogen) atoms. The van der Waals surface area contributed by atoms with E-state index in [2.05, 4.69) is 22.0 Å². The fraction of sp³-hybridized carbons (Fsp3) is 0.462. The topological polar surface area (TPSA) is 87.1 Å². The number of aromatic nitrogens is 3. The molecule has 2 aromatic rings. The number of hydrogen-bond donors (Lipinski definition) is 1. The highest BCUT2D eigenvalue weighted by Crippen LogP contribution is 2.11. The Morgan fingerprint density at radius 3 is 2.89 bits per heavy atom. The van der Waals surface area contributed by atoms with Crippen LogP contribution in [0.1, 0.15) is 24.2 Å². The zero-order valence-corrected chi connectivity index (χ0v) is 11.2. The first kappa shape index (κ1) is 13.5. The molecule has 0 spiro atoms. The third-order valence-corrected chi connectivity index (χ3v) is 2.80. The maximum absolute atomic E-state index is 5.57. The number of methoxy groups -OCH3 is 1. The van der Waals surface area contributed by atoms with Gasteiger partial charge >= 0.3 is 0 Å². The third-order valence-electron chi connectivity index (χ3n) is 2.80. The van der Waals surface area contributed by atoms with Crippen molar-refractivity contribution in [2.24, 2.45) is 11.7 Å². The second kappa shape index (κ2) is 6.29. The van der Waals surface area contributed by atoms with E-state index < -0.39 is 0 Å². The summed E-state index contributed by atoms with van der Waals surface area (Å²) in [6.45, 7) is 2.66. The standard InChI is InChI=1S/C13H18N4O2/c1-9(7-14)5-13-16-11(17-19-13)6-10-3-4-12(18-2)15-8-10/h3-4,8-9H,5-7,14H2,1-2H3. The van der Waals surface area contributed by atoms with Gasteiger partial charge < -0.3 is 15.0 Å². The molecular weight excluding hydrogens is 244 g/mol. The van der Waals surface area contributed by atoms with Gasteiger partial charge in [-0.1, -0.05) is 18.1 Å². The van der Waals surface area contributed by atoms with Crippen molar-refractivity contribution < 1.29 is 9.26 Å². The lowest BCUT2D eigenvalue weighted by molar-refractivity contribution is 0.356. The second-order valence-electron chi connectivity index (χ2n) is 4.53. The Balaban J connectivity index is 1.98. The highest BCUT2D eigenvalue weighted by molar-refractivity contribution is 5.20. The Morgan fingerprint density at radius 1 is 1.42 bits per heavy atom. The van der Waals surface area contributed by atoms with Crippen LogP contribution in [0.3, 0.4) is 0 Å². The van der Waals surface area contributed by atoms with Crippen molar-refractivity contribution in [3.8, 4) is 5.88 Å². The smallest absolute Gasteiger partial charge is 0.226 e. The SMILES string of the molecule is COc1ccc(Cc2noc(CC(C)CN)n2)cn1. The number of ether oxygens (including phenoxy) is 1. The average molecular weight is 262 g/mol. The molecule has 6 nitrogen and oxygen atoms in total. The third kappa shape index (κ3) is 3.75. The molecule has 0 fully saturated rings. The van der Waals surface area contributed by atoms with E-state index in [1.807, 2.05) is 12.1 Å². The van der Waals surface area contributed by atoms with E-state index in [1.165, 1.54) is 0 Å². The van der Waals surface area contributed by atoms with Gasteiger partial charge in [0, 0.05) is 25.1 Å². The number of nitrogens with zero attached hydrogens (tertiary/aromatic N) is 3. The summed E-state index contributed by atoms with van der Waals surface area (Å²) in [4.78, 5) is 8.48. The molecule has 6 heteroatoms. The molecule has 2 rings (SSSR count). The van der Waals surface area contributed by atoms with Gasteiger partial charge in [-0.25, -0.2) is 4.98 Å². The van der Waals surface area contributed by atoms with E-state index in [-0.39, 0.29) is 0 Å². The van der Waals surface area contributed by atoms with Gasteiger partial charge in [-0.2, -0.15) is 4.98 Å². The van der Waals surface area contributed by atoms with Crippen LogP contribution in [0.15, 0.2) is 22.9 Å². The Kier molecular flexibility index (Phi) is 4.46. The highest BCUT2D eigenvalue weighted by atomic mass is 16.5. The van der Waals surface area contributed by atoms with Crippen molar-refractivity contribution in [2.75, 3.05) is 13.7 Å². The lowest BCUT2D eigenvalue weighted by atomic mass is 10.1. The van der Waals surface area contributed by atoms with Crippen LogP contribution in [-0.2, 0) is 12.8 Å². The van der Waals surface area contributed by atoms with E-state index >= 15 is 0 Å². The van der Waals surface area contributed by atoms with E-state index in [9.17, 15) is 0 Å². The van der Waals surface area contributed by atoms with Crippen LogP contribution in [-0.4, -0.2) is 28.8 Å². The summed E-state index contributed by atoms with van der Waals surface area (Å²) in [5.74, 6) is 2.23. The molecule has 0 aromatic carbocycles. The van der Waals surface area contributed by atoms with Crippen LogP contribution in [0.5, 0.6) is 5.88 Å². The van der Waals surface area contributed by atoms with Gasteiger partial charge in [0.05, 0.1) is 7.11 Å². The molecule has 0 aliphatic rings. The molecule has 0 aliphatic heterocycles. The van der Waals surface area contributed by atoms with Crippen LogP contribution in [0.2, 0.25) is 0 Å². The van der Waals surface area contributed by atoms with Crippen LogP contribution < -0.4 is 10.5 Å². The number of nitrogens with two attached hydrogens (primary N) is 1. The van der Waals surface area contributed by atoms with Crippen LogP contribution >= 0.6 is 0 Å². The van der Waals surface area contributed by atoms with Crippen molar-refractivity contribution in [1.29, 1.82) is 0 Å². The predicted molar refractivity (Wildman–Crippen MR) is 69.8 cm³/mol. The molecule has 2 N–H and O–H groups in total. The van der Waals surface area contributed by atoms with E-state index in [1.54, 1.807) is 13.3 Å². The fourth-order valence-corrected chi connectivity index (χ4v) is 1.65. The first-order valence-corrected chi connectivity index (χ1v) is 6.21. The van der Waals surface area contributed by atoms with E-state index in [0.29, 0.717) is 42.9 Å². The molecule has 0 saturated carbocycles. The van der Waals surface area contributed by atoms with Crippen molar-refractivity contribution in [2.45, 2.75) is 19.8 Å². The van der Waals surface area contributed by atoms with Crippen molar-refractivity contribution in [3.63, 3.8) is 0 Å². The second-order valence-corrected chi connectivity index (χ2v) is 4.53. The van der Waals surface area contributed by atoms with Crippen molar-refractivity contribution >= 4 is 0 Å². The molecule has 2 heterocycles. The zero-order valence-electron chi connectivity index (χ0n) is 11.2. The summed E-state index contributed by atoms with van der Waals surface area (Å²) in [6.07, 6.45) is 3.05. The average Bonchev–Trinajstić information content (AvgIpc) is 2.86. The fourth-order valence-electron chi connectivity index (χ4n) is 1.65. The van der Waals surface area contributed by atoms with Gasteiger partial charge in [-0.15, -0.1) is 0 Å². The molecule has 102 valence electrons. The molecule has 0 saturated heterocycles. The van der Waals surface area contributed by atoms with Gasteiger partial charge in [0.25, 0.3) is 0 Å². The number of rotatable bonds is 6. The molecule has 0 bridgehead atoms. The van der Waals surface area contributed by atoms with Gasteiger partial charge in [-0.3, -0.25) is 0 Å². The van der Waals surface area contributed by atoms with Crippen LogP contribution in [0.25, 0.3) is 0 Å². The summed E-state index contributed by atoms with van der Waals surface area (Å²) < 4.78 is 10.2. The summed E-state index contributed by atoms with van der Waals surface area (Å²) in [5.41, 5.74) is 6.58. The minimum absolute atomic E-state index is 0.343. The summed E-state index contributed by atoms with van der Waals surface area (Å²) in [6, 6.07) is 3.75. The Hall–Kier alpha value is -1.95. The largest absolute Gasteiger partial charge is 0.481 e. The Bertz CT molecular complexity index is 510.